The molecule has 0 fully saturated rings. The van der Waals surface area contributed by atoms with Crippen LogP contribution in [0.5, 0.6) is 0 Å². The molecule has 0 bridgehead atoms. The summed E-state index contributed by atoms with van der Waals surface area (Å²) in [5.41, 5.74) is 1.38. The molecule has 0 aliphatic rings. The second-order valence-electron chi connectivity index (χ2n) is 5.47. The molecule has 0 spiro atoms. The molecule has 2 nitrogen and oxygen atoms in total. The van der Waals surface area contributed by atoms with E-state index in [0.717, 1.165) is 25.8 Å². The highest BCUT2D eigenvalue weighted by atomic mass is 32.1. The highest BCUT2D eigenvalue weighted by molar-refractivity contribution is 7.11. The van der Waals surface area contributed by atoms with Crippen molar-refractivity contribution in [1.82, 2.24) is 10.3 Å². The zero-order chi connectivity index (χ0) is 14.9. The van der Waals surface area contributed by atoms with Gasteiger partial charge in [-0.05, 0) is 68.5 Å². The molecule has 0 radical (unpaired) electrons. The van der Waals surface area contributed by atoms with Crippen LogP contribution in [0.3, 0.4) is 0 Å². The third-order valence-corrected chi connectivity index (χ3v) is 4.98. The number of nitrogens with zero attached hydrogens (tertiary/aromatic N) is 1. The molecule has 0 saturated carbocycles. The molecular weight excluding hydrogens is 276 g/mol. The summed E-state index contributed by atoms with van der Waals surface area (Å²) in [5, 5.41) is 3.71. The summed E-state index contributed by atoms with van der Waals surface area (Å²) in [6, 6.07) is 9.39. The lowest BCUT2D eigenvalue weighted by Crippen LogP contribution is -2.32. The van der Waals surface area contributed by atoms with Crippen LogP contribution in [0, 0.1) is 0 Å². The lowest BCUT2D eigenvalue weighted by molar-refractivity contribution is 0.480. The third kappa shape index (κ3) is 5.60. The Morgan fingerprint density at radius 3 is 2.52 bits per heavy atom. The first kappa shape index (κ1) is 16.2. The molecule has 0 aromatic carbocycles. The molecule has 0 aliphatic heterocycles. The molecule has 2 rings (SSSR count). The molecule has 114 valence electrons. The van der Waals surface area contributed by atoms with Crippen LogP contribution in [-0.4, -0.2) is 17.6 Å². The van der Waals surface area contributed by atoms with Gasteiger partial charge in [-0.2, -0.15) is 0 Å². The molecular formula is C18H26N2S. The molecule has 2 heterocycles. The highest BCUT2D eigenvalue weighted by Crippen LogP contribution is 2.20. The van der Waals surface area contributed by atoms with Gasteiger partial charge in [0.15, 0.2) is 0 Å². The fourth-order valence-electron chi connectivity index (χ4n) is 2.48. The second kappa shape index (κ2) is 8.96. The van der Waals surface area contributed by atoms with E-state index in [1.807, 2.05) is 23.7 Å². The third-order valence-electron chi connectivity index (χ3n) is 3.73. The van der Waals surface area contributed by atoms with Crippen molar-refractivity contribution in [3.05, 3.63) is 52.0 Å². The van der Waals surface area contributed by atoms with Gasteiger partial charge in [-0.15, -0.1) is 11.3 Å². The van der Waals surface area contributed by atoms with E-state index in [0.29, 0.717) is 6.04 Å². The van der Waals surface area contributed by atoms with E-state index >= 15 is 0 Å². The van der Waals surface area contributed by atoms with Gasteiger partial charge in [-0.3, -0.25) is 4.98 Å². The fraction of sp³-hybridized carbons (Fsp3) is 0.500. The highest BCUT2D eigenvalue weighted by Gasteiger charge is 2.10. The van der Waals surface area contributed by atoms with Crippen LogP contribution in [0.25, 0.3) is 0 Å². The first-order valence-electron chi connectivity index (χ1n) is 8.01. The molecule has 1 atom stereocenters. The lowest BCUT2D eigenvalue weighted by atomic mass is 10.0. The Morgan fingerprint density at radius 2 is 1.86 bits per heavy atom. The maximum atomic E-state index is 4.09. The first-order valence-corrected chi connectivity index (χ1v) is 8.83. The number of rotatable bonds is 9. The van der Waals surface area contributed by atoms with E-state index in [4.69, 9.17) is 0 Å². The standard InChI is InChI=1S/C18H26N2S/c1-3-11-20-16(6-5-15-9-12-19-13-10-15)14-18-8-7-17(4-2)21-18/h7-10,12-13,16,20H,3-6,11,14H2,1-2H3. The molecule has 2 aromatic heterocycles. The van der Waals surface area contributed by atoms with Crippen molar-refractivity contribution in [2.75, 3.05) is 6.54 Å². The number of hydrogen-bond acceptors (Lipinski definition) is 3. The van der Waals surface area contributed by atoms with Crippen molar-refractivity contribution in [2.24, 2.45) is 0 Å². The fourth-order valence-corrected chi connectivity index (χ4v) is 3.52. The maximum Gasteiger partial charge on any atom is 0.0270 e. The largest absolute Gasteiger partial charge is 0.314 e. The normalized spacial score (nSPS) is 12.5. The Bertz CT molecular complexity index is 507. The Balaban J connectivity index is 1.90. The second-order valence-corrected chi connectivity index (χ2v) is 6.72. The molecule has 2 aromatic rings. The number of hydrogen-bond donors (Lipinski definition) is 1. The summed E-state index contributed by atoms with van der Waals surface area (Å²) in [5.74, 6) is 0. The van der Waals surface area contributed by atoms with Crippen LogP contribution >= 0.6 is 11.3 Å². The van der Waals surface area contributed by atoms with Crippen molar-refractivity contribution < 1.29 is 0 Å². The number of aryl methyl sites for hydroxylation is 2. The van der Waals surface area contributed by atoms with Crippen molar-refractivity contribution in [3.63, 3.8) is 0 Å². The maximum absolute atomic E-state index is 4.09. The van der Waals surface area contributed by atoms with Crippen LogP contribution in [0.1, 0.15) is 42.0 Å². The molecule has 0 amide bonds. The van der Waals surface area contributed by atoms with Gasteiger partial charge in [0.1, 0.15) is 0 Å². The molecule has 1 N–H and O–H groups in total. The first-order chi connectivity index (χ1) is 10.3. The summed E-state index contributed by atoms with van der Waals surface area (Å²) in [6.07, 6.45) is 9.56. The monoisotopic (exact) mass is 302 g/mol. The van der Waals surface area contributed by atoms with E-state index in [1.54, 1.807) is 0 Å². The van der Waals surface area contributed by atoms with Crippen LogP contribution in [0.4, 0.5) is 0 Å². The summed E-state index contributed by atoms with van der Waals surface area (Å²) in [7, 11) is 0. The zero-order valence-electron chi connectivity index (χ0n) is 13.1. The van der Waals surface area contributed by atoms with Crippen LogP contribution < -0.4 is 5.32 Å². The number of nitrogens with one attached hydrogen (secondary N) is 1. The number of aromatic nitrogens is 1. The quantitative estimate of drug-likeness (QED) is 0.749. The Kier molecular flexibility index (Phi) is 6.90. The van der Waals surface area contributed by atoms with Gasteiger partial charge >= 0.3 is 0 Å². The van der Waals surface area contributed by atoms with E-state index < -0.39 is 0 Å². The topological polar surface area (TPSA) is 24.9 Å². The Labute approximate surface area is 132 Å². The zero-order valence-corrected chi connectivity index (χ0v) is 14.0. The van der Waals surface area contributed by atoms with Crippen LogP contribution in [0.2, 0.25) is 0 Å². The van der Waals surface area contributed by atoms with Crippen molar-refractivity contribution in [2.45, 2.75) is 52.0 Å². The molecule has 3 heteroatoms. The average Bonchev–Trinajstić information content (AvgIpc) is 2.98. The van der Waals surface area contributed by atoms with E-state index in [9.17, 15) is 0 Å². The number of pyridine rings is 1. The Morgan fingerprint density at radius 1 is 1.10 bits per heavy atom. The van der Waals surface area contributed by atoms with E-state index in [-0.39, 0.29) is 0 Å². The molecule has 0 aliphatic carbocycles. The Hall–Kier alpha value is -1.19. The molecule has 0 saturated heterocycles. The van der Waals surface area contributed by atoms with Crippen LogP contribution in [0.15, 0.2) is 36.7 Å². The summed E-state index contributed by atoms with van der Waals surface area (Å²) < 4.78 is 0. The van der Waals surface area contributed by atoms with Crippen LogP contribution in [-0.2, 0) is 19.3 Å². The predicted molar refractivity (Wildman–Crippen MR) is 92.0 cm³/mol. The minimum atomic E-state index is 0.571. The summed E-state index contributed by atoms with van der Waals surface area (Å²) >= 11 is 1.97. The van der Waals surface area contributed by atoms with Crippen molar-refractivity contribution >= 4 is 11.3 Å². The average molecular weight is 302 g/mol. The van der Waals surface area contributed by atoms with Gasteiger partial charge in [0.2, 0.25) is 0 Å². The number of thiophene rings is 1. The van der Waals surface area contributed by atoms with E-state index in [1.165, 1.54) is 28.2 Å². The summed E-state index contributed by atoms with van der Waals surface area (Å²) in [4.78, 5) is 7.09. The van der Waals surface area contributed by atoms with Gasteiger partial charge < -0.3 is 5.32 Å². The predicted octanol–water partition coefficient (Wildman–Crippen LogP) is 4.25. The van der Waals surface area contributed by atoms with Gasteiger partial charge in [0, 0.05) is 28.2 Å². The lowest BCUT2D eigenvalue weighted by Gasteiger charge is -2.18. The van der Waals surface area contributed by atoms with E-state index in [2.05, 4.69) is 48.4 Å². The summed E-state index contributed by atoms with van der Waals surface area (Å²) in [6.45, 7) is 5.56. The van der Waals surface area contributed by atoms with Gasteiger partial charge in [-0.1, -0.05) is 13.8 Å². The molecule has 1 unspecified atom stereocenters. The minimum absolute atomic E-state index is 0.571. The SMILES string of the molecule is CCCNC(CCc1ccncc1)Cc1ccc(CC)s1. The van der Waals surface area contributed by atoms with Crippen molar-refractivity contribution in [1.29, 1.82) is 0 Å². The van der Waals surface area contributed by atoms with Gasteiger partial charge in [0.05, 0.1) is 0 Å². The van der Waals surface area contributed by atoms with Gasteiger partial charge in [0.25, 0.3) is 0 Å². The van der Waals surface area contributed by atoms with Crippen molar-refractivity contribution in [3.8, 4) is 0 Å². The minimum Gasteiger partial charge on any atom is -0.314 e. The van der Waals surface area contributed by atoms with Gasteiger partial charge in [-0.25, -0.2) is 0 Å². The smallest absolute Gasteiger partial charge is 0.0270 e. The molecule has 21 heavy (non-hydrogen) atoms.